The Bertz CT molecular complexity index is 349. The van der Waals surface area contributed by atoms with Crippen molar-refractivity contribution < 1.29 is 19.8 Å². The largest absolute Gasteiger partial charge is 0.481 e. The van der Waals surface area contributed by atoms with E-state index in [4.69, 9.17) is 10.2 Å². The van der Waals surface area contributed by atoms with Gasteiger partial charge >= 0.3 is 11.9 Å². The predicted molar refractivity (Wildman–Crippen MR) is 51.3 cm³/mol. The number of fused-ring (bicyclic) bond motifs is 1. The second-order valence-corrected chi connectivity index (χ2v) is 4.18. The van der Waals surface area contributed by atoms with Gasteiger partial charge in [-0.1, -0.05) is 11.6 Å². The summed E-state index contributed by atoms with van der Waals surface area (Å²) in [4.78, 5) is 21.9. The molecule has 2 rings (SSSR count). The van der Waals surface area contributed by atoms with Gasteiger partial charge < -0.3 is 15.5 Å². The first-order valence-corrected chi connectivity index (χ1v) is 4.89. The van der Waals surface area contributed by atoms with E-state index in [0.717, 1.165) is 5.57 Å². The molecule has 5 heteroatoms. The maximum atomic E-state index is 11.0. The minimum Gasteiger partial charge on any atom is -0.481 e. The summed E-state index contributed by atoms with van der Waals surface area (Å²) >= 11 is 0. The molecule has 1 aliphatic carbocycles. The Morgan fingerprint density at radius 2 is 2.07 bits per heavy atom. The van der Waals surface area contributed by atoms with Crippen molar-refractivity contribution in [3.8, 4) is 0 Å². The van der Waals surface area contributed by atoms with Crippen molar-refractivity contribution in [3.05, 3.63) is 11.6 Å². The van der Waals surface area contributed by atoms with E-state index in [1.807, 2.05) is 6.92 Å². The Balaban J connectivity index is 2.29. The second-order valence-electron chi connectivity index (χ2n) is 4.18. The van der Waals surface area contributed by atoms with Crippen LogP contribution in [0.2, 0.25) is 0 Å². The Morgan fingerprint density at radius 3 is 2.60 bits per heavy atom. The topological polar surface area (TPSA) is 86.6 Å². The fourth-order valence-corrected chi connectivity index (χ4v) is 2.69. The first-order valence-electron chi connectivity index (χ1n) is 4.89. The van der Waals surface area contributed by atoms with Gasteiger partial charge in [0.25, 0.3) is 0 Å². The van der Waals surface area contributed by atoms with E-state index in [1.165, 1.54) is 0 Å². The molecule has 1 heterocycles. The Hall–Kier alpha value is -1.36. The van der Waals surface area contributed by atoms with E-state index in [-0.39, 0.29) is 11.8 Å². The third-order valence-corrected chi connectivity index (χ3v) is 3.40. The zero-order valence-corrected chi connectivity index (χ0v) is 8.30. The van der Waals surface area contributed by atoms with Crippen LogP contribution in [0.4, 0.5) is 0 Å². The van der Waals surface area contributed by atoms with Crippen molar-refractivity contribution in [1.29, 1.82) is 0 Å². The van der Waals surface area contributed by atoms with Gasteiger partial charge in [0.05, 0.1) is 5.92 Å². The molecule has 0 aromatic carbocycles. The van der Waals surface area contributed by atoms with E-state index in [2.05, 4.69) is 5.32 Å². The van der Waals surface area contributed by atoms with Gasteiger partial charge in [-0.25, -0.2) is 0 Å². The molecule has 2 aliphatic rings. The summed E-state index contributed by atoms with van der Waals surface area (Å²) < 4.78 is 0. The summed E-state index contributed by atoms with van der Waals surface area (Å²) in [7, 11) is 0. The first kappa shape index (κ1) is 10.2. The molecule has 1 saturated heterocycles. The summed E-state index contributed by atoms with van der Waals surface area (Å²) in [6, 6.07) is -0.732. The molecule has 0 saturated carbocycles. The summed E-state index contributed by atoms with van der Waals surface area (Å²) in [5, 5.41) is 20.8. The minimum absolute atomic E-state index is 0.0622. The lowest BCUT2D eigenvalue weighted by molar-refractivity contribution is -0.144. The number of nitrogens with one attached hydrogen (secondary N) is 1. The maximum Gasteiger partial charge on any atom is 0.321 e. The van der Waals surface area contributed by atoms with Crippen molar-refractivity contribution in [2.45, 2.75) is 13.0 Å². The number of carbonyl (C=O) groups is 2. The number of hydrogen-bond donors (Lipinski definition) is 3. The van der Waals surface area contributed by atoms with Crippen LogP contribution in [0, 0.1) is 17.8 Å². The highest BCUT2D eigenvalue weighted by molar-refractivity contribution is 5.79. The average Bonchev–Trinajstić information content (AvgIpc) is 2.66. The quantitative estimate of drug-likeness (QED) is 0.557. The molecule has 5 nitrogen and oxygen atoms in total. The zero-order chi connectivity index (χ0) is 11.2. The van der Waals surface area contributed by atoms with E-state index in [1.54, 1.807) is 6.08 Å². The number of hydrogen-bond acceptors (Lipinski definition) is 3. The molecule has 3 N–H and O–H groups in total. The van der Waals surface area contributed by atoms with Gasteiger partial charge in [-0.2, -0.15) is 0 Å². The smallest absolute Gasteiger partial charge is 0.321 e. The summed E-state index contributed by atoms with van der Waals surface area (Å²) in [5.74, 6) is -2.83. The molecule has 1 fully saturated rings. The third kappa shape index (κ3) is 1.43. The molecule has 15 heavy (non-hydrogen) atoms. The van der Waals surface area contributed by atoms with Gasteiger partial charge in [0.15, 0.2) is 0 Å². The van der Waals surface area contributed by atoms with E-state index < -0.39 is 23.9 Å². The molecule has 0 amide bonds. The van der Waals surface area contributed by atoms with E-state index in [0.29, 0.717) is 6.54 Å². The van der Waals surface area contributed by atoms with Crippen molar-refractivity contribution in [3.63, 3.8) is 0 Å². The summed E-state index contributed by atoms with van der Waals surface area (Å²) in [5.41, 5.74) is 0.989. The molecule has 0 aromatic rings. The van der Waals surface area contributed by atoms with Gasteiger partial charge in [-0.05, 0) is 12.8 Å². The standard InChI is InChI=1S/C10H13NO4/c1-4-2-5(9(12)13)7-6(4)3-11-8(7)10(14)15/h2,5-8,11H,3H2,1H3,(H,12,13)(H,14,15)/t5-,6-,7+,8+/m1/s1. The number of aliphatic carboxylic acids is 2. The molecular weight excluding hydrogens is 198 g/mol. The lowest BCUT2D eigenvalue weighted by Gasteiger charge is -2.19. The Morgan fingerprint density at radius 1 is 1.40 bits per heavy atom. The Kier molecular flexibility index (Phi) is 2.26. The van der Waals surface area contributed by atoms with Crippen LogP contribution in [-0.4, -0.2) is 34.7 Å². The fourth-order valence-electron chi connectivity index (χ4n) is 2.69. The van der Waals surface area contributed by atoms with E-state index >= 15 is 0 Å². The molecular formula is C10H13NO4. The lowest BCUT2D eigenvalue weighted by atomic mass is 9.84. The molecule has 0 radical (unpaired) electrons. The highest BCUT2D eigenvalue weighted by Gasteiger charge is 2.50. The maximum absolute atomic E-state index is 11.0. The number of carboxylic acids is 2. The van der Waals surface area contributed by atoms with Gasteiger partial charge in [-0.15, -0.1) is 0 Å². The number of carboxylic acid groups (broad SMARTS) is 2. The zero-order valence-electron chi connectivity index (χ0n) is 8.30. The van der Waals surface area contributed by atoms with Crippen LogP contribution in [0.1, 0.15) is 6.92 Å². The monoisotopic (exact) mass is 211 g/mol. The van der Waals surface area contributed by atoms with Crippen LogP contribution < -0.4 is 5.32 Å². The predicted octanol–water partition coefficient (Wildman–Crippen LogP) is -0.0641. The molecule has 0 spiro atoms. The van der Waals surface area contributed by atoms with Crippen LogP contribution in [0.3, 0.4) is 0 Å². The van der Waals surface area contributed by atoms with Gasteiger partial charge in [-0.3, -0.25) is 9.59 Å². The van der Waals surface area contributed by atoms with Crippen molar-refractivity contribution in [2.75, 3.05) is 6.54 Å². The van der Waals surface area contributed by atoms with Crippen LogP contribution in [0.5, 0.6) is 0 Å². The first-order chi connectivity index (χ1) is 7.02. The summed E-state index contributed by atoms with van der Waals surface area (Å²) in [6.45, 7) is 2.43. The van der Waals surface area contributed by atoms with Crippen LogP contribution >= 0.6 is 0 Å². The van der Waals surface area contributed by atoms with Gasteiger partial charge in [0.2, 0.25) is 0 Å². The van der Waals surface area contributed by atoms with Gasteiger partial charge in [0.1, 0.15) is 6.04 Å². The molecule has 4 atom stereocenters. The molecule has 0 aromatic heterocycles. The van der Waals surface area contributed by atoms with Crippen LogP contribution in [0.25, 0.3) is 0 Å². The lowest BCUT2D eigenvalue weighted by Crippen LogP contribution is -2.39. The fraction of sp³-hybridized carbons (Fsp3) is 0.600. The highest BCUT2D eigenvalue weighted by Crippen LogP contribution is 2.41. The van der Waals surface area contributed by atoms with Gasteiger partial charge in [0, 0.05) is 12.5 Å². The third-order valence-electron chi connectivity index (χ3n) is 3.40. The minimum atomic E-state index is -0.961. The van der Waals surface area contributed by atoms with Crippen LogP contribution in [0.15, 0.2) is 11.6 Å². The van der Waals surface area contributed by atoms with Crippen molar-refractivity contribution >= 4 is 11.9 Å². The summed E-state index contributed by atoms with van der Waals surface area (Å²) in [6.07, 6.45) is 1.69. The molecule has 82 valence electrons. The normalized spacial score (nSPS) is 38.6. The van der Waals surface area contributed by atoms with Crippen LogP contribution in [-0.2, 0) is 9.59 Å². The molecule has 0 unspecified atom stereocenters. The second kappa shape index (κ2) is 3.34. The SMILES string of the molecule is CC1=C[C@@H](C(=O)O)[C@H]2[C@@H]1CN[C@@H]2C(=O)O. The molecule has 1 aliphatic heterocycles. The Labute approximate surface area is 86.8 Å². The number of rotatable bonds is 2. The highest BCUT2D eigenvalue weighted by atomic mass is 16.4. The average molecular weight is 211 g/mol. The van der Waals surface area contributed by atoms with Crippen molar-refractivity contribution in [1.82, 2.24) is 5.32 Å². The van der Waals surface area contributed by atoms with Crippen molar-refractivity contribution in [2.24, 2.45) is 17.8 Å². The molecule has 0 bridgehead atoms. The van der Waals surface area contributed by atoms with E-state index in [9.17, 15) is 9.59 Å².